The van der Waals surface area contributed by atoms with E-state index in [-0.39, 0.29) is 6.10 Å². The average Bonchev–Trinajstić information content (AvgIpc) is 3.38. The molecule has 0 amide bonds. The molecule has 0 atom stereocenters. The molecule has 3 aromatic rings. The van der Waals surface area contributed by atoms with E-state index in [1.165, 1.54) is 16.9 Å². The molecule has 0 bridgehead atoms. The lowest BCUT2D eigenvalue weighted by Crippen LogP contribution is -2.50. The lowest BCUT2D eigenvalue weighted by Gasteiger charge is -2.41. The van der Waals surface area contributed by atoms with Gasteiger partial charge in [0.2, 0.25) is 10.0 Å². The Morgan fingerprint density at radius 3 is 2.09 bits per heavy atom. The second-order valence-electron chi connectivity index (χ2n) is 9.18. The Kier molecular flexibility index (Phi) is 7.01. The smallest absolute Gasteiger partial charge is 0.273 e. The zero-order valence-corrected chi connectivity index (χ0v) is 21.1. The molecule has 0 aliphatic carbocycles. The van der Waals surface area contributed by atoms with Gasteiger partial charge in [0.25, 0.3) is 5.19 Å². The first-order valence-electron chi connectivity index (χ1n) is 12.0. The van der Waals surface area contributed by atoms with E-state index in [1.54, 1.807) is 22.6 Å². The summed E-state index contributed by atoms with van der Waals surface area (Å²) < 4.78 is 34.1. The van der Waals surface area contributed by atoms with Crippen LogP contribution in [0, 0.1) is 6.92 Å². The molecule has 0 spiro atoms. The number of piperidine rings is 2. The summed E-state index contributed by atoms with van der Waals surface area (Å²) in [6, 6.07) is 16.0. The summed E-state index contributed by atoms with van der Waals surface area (Å²) in [5.74, 6) is 0. The maximum absolute atomic E-state index is 13.2. The molecule has 2 aromatic carbocycles. The number of aromatic nitrogens is 1. The number of likely N-dealkylation sites (tertiary alicyclic amines) is 1. The molecular formula is C26H31N3O3S2. The van der Waals surface area contributed by atoms with Crippen molar-refractivity contribution < 1.29 is 13.2 Å². The van der Waals surface area contributed by atoms with Crippen molar-refractivity contribution >= 4 is 21.4 Å². The fraction of sp³-hybridized carbons (Fsp3) is 0.423. The first-order chi connectivity index (χ1) is 16.5. The Morgan fingerprint density at radius 1 is 0.882 bits per heavy atom. The number of benzene rings is 2. The zero-order chi connectivity index (χ0) is 23.5. The van der Waals surface area contributed by atoms with Crippen LogP contribution in [0.3, 0.4) is 0 Å². The second-order valence-corrected chi connectivity index (χ2v) is 12.0. The van der Waals surface area contributed by atoms with E-state index >= 15 is 0 Å². The van der Waals surface area contributed by atoms with Crippen molar-refractivity contribution in [1.29, 1.82) is 0 Å². The first-order valence-corrected chi connectivity index (χ1v) is 14.3. The third kappa shape index (κ3) is 5.20. The van der Waals surface area contributed by atoms with Crippen LogP contribution in [0.2, 0.25) is 0 Å². The number of hydrogen-bond donors (Lipinski definition) is 0. The third-order valence-electron chi connectivity index (χ3n) is 6.97. The zero-order valence-electron chi connectivity index (χ0n) is 19.5. The Balaban J connectivity index is 1.15. The highest BCUT2D eigenvalue weighted by molar-refractivity contribution is 7.89. The predicted molar refractivity (Wildman–Crippen MR) is 136 cm³/mol. The van der Waals surface area contributed by atoms with Crippen LogP contribution in [0.5, 0.6) is 5.19 Å². The first kappa shape index (κ1) is 23.5. The molecule has 0 unspecified atom stereocenters. The van der Waals surface area contributed by atoms with E-state index < -0.39 is 10.0 Å². The quantitative estimate of drug-likeness (QED) is 0.489. The van der Waals surface area contributed by atoms with Gasteiger partial charge in [-0.2, -0.15) is 4.31 Å². The second kappa shape index (κ2) is 10.2. The summed E-state index contributed by atoms with van der Waals surface area (Å²) in [7, 11) is -3.47. The molecule has 6 nitrogen and oxygen atoms in total. The fourth-order valence-electron chi connectivity index (χ4n) is 4.93. The van der Waals surface area contributed by atoms with Gasteiger partial charge in [-0.15, -0.1) is 0 Å². The van der Waals surface area contributed by atoms with Crippen molar-refractivity contribution in [2.24, 2.45) is 0 Å². The molecule has 1 aromatic heterocycles. The molecule has 2 aliphatic heterocycles. The van der Waals surface area contributed by atoms with Gasteiger partial charge in [0.15, 0.2) is 0 Å². The van der Waals surface area contributed by atoms with Gasteiger partial charge in [0, 0.05) is 43.8 Å². The van der Waals surface area contributed by atoms with Crippen molar-refractivity contribution in [1.82, 2.24) is 14.2 Å². The van der Waals surface area contributed by atoms with Crippen LogP contribution in [0.15, 0.2) is 65.0 Å². The summed E-state index contributed by atoms with van der Waals surface area (Å²) in [4.78, 5) is 7.11. The van der Waals surface area contributed by atoms with Crippen molar-refractivity contribution in [3.05, 3.63) is 65.7 Å². The van der Waals surface area contributed by atoms with Gasteiger partial charge in [-0.25, -0.2) is 13.4 Å². The summed E-state index contributed by atoms with van der Waals surface area (Å²) >= 11 is 1.54. The predicted octanol–water partition coefficient (Wildman–Crippen LogP) is 4.82. The molecule has 8 heteroatoms. The van der Waals surface area contributed by atoms with E-state index in [4.69, 9.17) is 4.74 Å². The largest absolute Gasteiger partial charge is 0.467 e. The number of sulfonamides is 1. The van der Waals surface area contributed by atoms with Gasteiger partial charge in [0.1, 0.15) is 6.10 Å². The van der Waals surface area contributed by atoms with Crippen LogP contribution in [-0.2, 0) is 10.0 Å². The fourth-order valence-corrected chi connectivity index (χ4v) is 6.95. The van der Waals surface area contributed by atoms with Crippen molar-refractivity contribution in [2.75, 3.05) is 26.2 Å². The minimum atomic E-state index is -3.47. The van der Waals surface area contributed by atoms with Crippen LogP contribution in [0.25, 0.3) is 11.1 Å². The molecule has 0 saturated carbocycles. The normalized spacial score (nSPS) is 19.3. The van der Waals surface area contributed by atoms with E-state index in [1.807, 2.05) is 17.5 Å². The van der Waals surface area contributed by atoms with Gasteiger partial charge in [-0.3, -0.25) is 0 Å². The number of aryl methyl sites for hydroxylation is 1. The molecule has 34 heavy (non-hydrogen) atoms. The highest BCUT2D eigenvalue weighted by Gasteiger charge is 2.33. The molecule has 5 rings (SSSR count). The van der Waals surface area contributed by atoms with Crippen molar-refractivity contribution in [3.8, 4) is 16.3 Å². The van der Waals surface area contributed by atoms with E-state index in [9.17, 15) is 8.42 Å². The van der Waals surface area contributed by atoms with Crippen LogP contribution in [0.1, 0.15) is 31.2 Å². The summed E-state index contributed by atoms with van der Waals surface area (Å²) in [6.07, 6.45) is 5.73. The topological polar surface area (TPSA) is 62.7 Å². The molecular weight excluding hydrogens is 466 g/mol. The van der Waals surface area contributed by atoms with E-state index in [2.05, 4.69) is 41.1 Å². The molecule has 3 heterocycles. The number of hydrogen-bond acceptors (Lipinski definition) is 6. The molecule has 0 N–H and O–H groups in total. The third-order valence-corrected chi connectivity index (χ3v) is 9.54. The number of thiazole rings is 1. The Labute approximate surface area is 206 Å². The molecule has 180 valence electrons. The highest BCUT2D eigenvalue weighted by Crippen LogP contribution is 2.28. The van der Waals surface area contributed by atoms with Crippen LogP contribution < -0.4 is 4.74 Å². The maximum Gasteiger partial charge on any atom is 0.273 e. The maximum atomic E-state index is 13.2. The van der Waals surface area contributed by atoms with Gasteiger partial charge in [-0.1, -0.05) is 53.3 Å². The van der Waals surface area contributed by atoms with Crippen LogP contribution in [0.4, 0.5) is 0 Å². The Bertz CT molecular complexity index is 1160. The van der Waals surface area contributed by atoms with Crippen LogP contribution >= 0.6 is 11.3 Å². The van der Waals surface area contributed by atoms with Gasteiger partial charge in [0.05, 0.1) is 4.90 Å². The monoisotopic (exact) mass is 497 g/mol. The summed E-state index contributed by atoms with van der Waals surface area (Å²) in [5.41, 5.74) is 3.33. The molecule has 0 radical (unpaired) electrons. The Hall–Kier alpha value is -2.26. The minimum Gasteiger partial charge on any atom is -0.467 e. The standard InChI is InChI=1S/C26H31N3O3S2/c1-20-2-4-21(5-3-20)22-6-8-25(9-7-22)34(30,31)29-17-10-23(11-18-29)28-15-12-24(13-16-28)32-26-27-14-19-33-26/h2-9,14,19,23-24H,10-13,15-18H2,1H3. The lowest BCUT2D eigenvalue weighted by atomic mass is 10.00. The van der Waals surface area contributed by atoms with Crippen LogP contribution in [-0.4, -0.2) is 60.9 Å². The van der Waals surface area contributed by atoms with Crippen molar-refractivity contribution in [3.63, 3.8) is 0 Å². The minimum absolute atomic E-state index is 0.228. The molecule has 2 aliphatic rings. The molecule has 2 fully saturated rings. The SMILES string of the molecule is Cc1ccc(-c2ccc(S(=O)(=O)N3CCC(N4CCC(Oc5nccs5)CC4)CC3)cc2)cc1. The number of rotatable bonds is 6. The van der Waals surface area contributed by atoms with E-state index in [0.29, 0.717) is 24.0 Å². The van der Waals surface area contributed by atoms with Gasteiger partial charge < -0.3 is 9.64 Å². The van der Waals surface area contributed by atoms with E-state index in [0.717, 1.165) is 55.1 Å². The lowest BCUT2D eigenvalue weighted by molar-refractivity contribution is 0.0584. The number of ether oxygens (including phenoxy) is 1. The highest BCUT2D eigenvalue weighted by atomic mass is 32.2. The Morgan fingerprint density at radius 2 is 1.50 bits per heavy atom. The summed E-state index contributed by atoms with van der Waals surface area (Å²) in [5, 5.41) is 2.69. The average molecular weight is 498 g/mol. The van der Waals surface area contributed by atoms with Gasteiger partial charge >= 0.3 is 0 Å². The number of nitrogens with zero attached hydrogens (tertiary/aromatic N) is 3. The summed E-state index contributed by atoms with van der Waals surface area (Å²) in [6.45, 7) is 5.19. The van der Waals surface area contributed by atoms with Gasteiger partial charge in [-0.05, 0) is 55.9 Å². The van der Waals surface area contributed by atoms with Crippen molar-refractivity contribution in [2.45, 2.75) is 49.6 Å². The molecule has 2 saturated heterocycles.